The van der Waals surface area contributed by atoms with Gasteiger partial charge in [-0.05, 0) is 77.5 Å². The van der Waals surface area contributed by atoms with Gasteiger partial charge in [-0.3, -0.25) is 0 Å². The van der Waals surface area contributed by atoms with Crippen molar-refractivity contribution in [3.05, 3.63) is 145 Å². The van der Waals surface area contributed by atoms with Gasteiger partial charge in [0.15, 0.2) is 0 Å². The number of hydrogen-bond acceptors (Lipinski definition) is 3. The van der Waals surface area contributed by atoms with Crippen molar-refractivity contribution in [3.63, 3.8) is 0 Å². The van der Waals surface area contributed by atoms with E-state index < -0.39 is 0 Å². The van der Waals surface area contributed by atoms with Crippen LogP contribution in [0.15, 0.2) is 138 Å². The monoisotopic (exact) mass is 598 g/mol. The number of benzene rings is 7. The lowest BCUT2D eigenvalue weighted by molar-refractivity contribution is 0.677. The molecule has 0 aliphatic heterocycles. The molecule has 0 fully saturated rings. The molecule has 0 saturated carbocycles. The van der Waals surface area contributed by atoms with Gasteiger partial charge in [-0.1, -0.05) is 66.7 Å². The van der Waals surface area contributed by atoms with E-state index in [2.05, 4.69) is 118 Å². The maximum absolute atomic E-state index is 9.80. The molecular formula is C42H22N4O. The average Bonchev–Trinajstić information content (AvgIpc) is 3.79. The third kappa shape index (κ3) is 3.35. The van der Waals surface area contributed by atoms with Gasteiger partial charge < -0.3 is 13.6 Å². The zero-order valence-electron chi connectivity index (χ0n) is 24.9. The summed E-state index contributed by atoms with van der Waals surface area (Å²) in [4.78, 5) is 0. The maximum atomic E-state index is 9.80. The van der Waals surface area contributed by atoms with E-state index in [1.54, 1.807) is 12.1 Å². The first-order chi connectivity index (χ1) is 23.2. The van der Waals surface area contributed by atoms with Crippen molar-refractivity contribution < 1.29 is 4.42 Å². The predicted octanol–water partition coefficient (Wildman–Crippen LogP) is 10.7. The molecule has 0 saturated heterocycles. The van der Waals surface area contributed by atoms with Gasteiger partial charge >= 0.3 is 0 Å². The molecule has 3 aromatic heterocycles. The summed E-state index contributed by atoms with van der Waals surface area (Å²) in [5.74, 6) is 0. The fourth-order valence-corrected chi connectivity index (χ4v) is 7.60. The lowest BCUT2D eigenvalue weighted by Crippen LogP contribution is -1.96. The Morgan fingerprint density at radius 3 is 1.83 bits per heavy atom. The molecule has 5 heteroatoms. The normalized spacial score (nSPS) is 11.8. The fraction of sp³-hybridized carbons (Fsp3) is 0. The first-order valence-corrected chi connectivity index (χ1v) is 15.5. The lowest BCUT2D eigenvalue weighted by Gasteiger charge is -2.08. The van der Waals surface area contributed by atoms with Gasteiger partial charge in [-0.2, -0.15) is 10.5 Å². The summed E-state index contributed by atoms with van der Waals surface area (Å²) >= 11 is 0. The Bertz CT molecular complexity index is 3030. The number of nitrogens with zero attached hydrogens (tertiary/aromatic N) is 4. The van der Waals surface area contributed by atoms with Gasteiger partial charge in [-0.15, -0.1) is 0 Å². The Morgan fingerprint density at radius 1 is 0.426 bits per heavy atom. The molecule has 0 spiro atoms. The van der Waals surface area contributed by atoms with Crippen LogP contribution in [0.4, 0.5) is 0 Å². The quantitative estimate of drug-likeness (QED) is 0.199. The molecule has 7 aromatic carbocycles. The van der Waals surface area contributed by atoms with Crippen LogP contribution in [0.5, 0.6) is 0 Å². The molecule has 0 aliphatic rings. The highest BCUT2D eigenvalue weighted by molar-refractivity contribution is 6.32. The predicted molar refractivity (Wildman–Crippen MR) is 189 cm³/mol. The summed E-state index contributed by atoms with van der Waals surface area (Å²) in [5.41, 5.74) is 8.53. The number of aromatic nitrogens is 2. The molecule has 10 rings (SSSR count). The molecule has 10 aromatic rings. The Kier molecular flexibility index (Phi) is 5.07. The van der Waals surface area contributed by atoms with Crippen molar-refractivity contribution in [2.24, 2.45) is 0 Å². The molecule has 0 unspecified atom stereocenters. The van der Waals surface area contributed by atoms with Gasteiger partial charge in [0.1, 0.15) is 23.3 Å². The van der Waals surface area contributed by atoms with Crippen LogP contribution in [0.2, 0.25) is 0 Å². The third-order valence-corrected chi connectivity index (χ3v) is 9.58. The van der Waals surface area contributed by atoms with Gasteiger partial charge in [0.2, 0.25) is 0 Å². The number of furan rings is 1. The average molecular weight is 599 g/mol. The summed E-state index contributed by atoms with van der Waals surface area (Å²) in [6.45, 7) is 0. The SMILES string of the molecule is N#Cc1ccc(-n2c3ccccc3c3c4oc5c(ccc6c5c5c7ccccc7ccc5n6-c5ccccc5)c4ccc32)cc1C#N. The first kappa shape index (κ1) is 25.5. The van der Waals surface area contributed by atoms with Crippen molar-refractivity contribution in [2.75, 3.05) is 0 Å². The van der Waals surface area contributed by atoms with Crippen LogP contribution < -0.4 is 0 Å². The number of rotatable bonds is 2. The molecule has 0 atom stereocenters. The molecule has 3 heterocycles. The highest BCUT2D eigenvalue weighted by atomic mass is 16.3. The number of fused-ring (bicyclic) bond motifs is 13. The molecule has 47 heavy (non-hydrogen) atoms. The van der Waals surface area contributed by atoms with Crippen molar-refractivity contribution in [1.29, 1.82) is 10.5 Å². The minimum Gasteiger partial charge on any atom is -0.455 e. The molecule has 0 aliphatic carbocycles. The number of para-hydroxylation sites is 2. The van der Waals surface area contributed by atoms with Crippen LogP contribution in [-0.4, -0.2) is 9.13 Å². The van der Waals surface area contributed by atoms with Crippen LogP contribution in [-0.2, 0) is 0 Å². The number of nitriles is 2. The van der Waals surface area contributed by atoms with E-state index in [0.717, 1.165) is 71.5 Å². The van der Waals surface area contributed by atoms with Crippen LogP contribution in [0, 0.1) is 22.7 Å². The van der Waals surface area contributed by atoms with E-state index in [1.165, 1.54) is 16.2 Å². The van der Waals surface area contributed by atoms with Crippen LogP contribution in [0.3, 0.4) is 0 Å². The van der Waals surface area contributed by atoms with Gasteiger partial charge in [0.25, 0.3) is 0 Å². The first-order valence-electron chi connectivity index (χ1n) is 15.5. The molecule has 5 nitrogen and oxygen atoms in total. The standard InChI is InChI=1S/C42H22N4O/c43-23-26-14-16-29(22-27(26)24-44)46-34-13-7-6-12-33(34)39-36(46)20-17-31-32-18-21-37-40(42(32)47-41(31)39)38-30-11-5-4-8-25(30)15-19-35(38)45(37)28-9-2-1-3-10-28/h1-22H. The minimum atomic E-state index is 0.352. The summed E-state index contributed by atoms with van der Waals surface area (Å²) in [7, 11) is 0. The summed E-state index contributed by atoms with van der Waals surface area (Å²) in [6.07, 6.45) is 0. The molecular weight excluding hydrogens is 576 g/mol. The second-order valence-electron chi connectivity index (χ2n) is 11.9. The minimum absolute atomic E-state index is 0.352. The van der Waals surface area contributed by atoms with E-state index in [4.69, 9.17) is 4.42 Å². The van der Waals surface area contributed by atoms with Gasteiger partial charge in [-0.25, -0.2) is 0 Å². The summed E-state index contributed by atoms with van der Waals surface area (Å²) < 4.78 is 11.6. The van der Waals surface area contributed by atoms with E-state index in [1.807, 2.05) is 24.3 Å². The summed E-state index contributed by atoms with van der Waals surface area (Å²) in [6, 6.07) is 50.2. The Morgan fingerprint density at radius 2 is 1.04 bits per heavy atom. The maximum Gasteiger partial charge on any atom is 0.145 e. The largest absolute Gasteiger partial charge is 0.455 e. The lowest BCUT2D eigenvalue weighted by atomic mass is 10.0. The second kappa shape index (κ2) is 9.34. The number of hydrogen-bond donors (Lipinski definition) is 0. The second-order valence-corrected chi connectivity index (χ2v) is 11.9. The Hall–Kier alpha value is -6.82. The van der Waals surface area contributed by atoms with E-state index in [0.29, 0.717) is 11.1 Å². The topological polar surface area (TPSA) is 70.6 Å². The van der Waals surface area contributed by atoms with Crippen molar-refractivity contribution >= 4 is 76.3 Å². The van der Waals surface area contributed by atoms with Crippen LogP contribution in [0.25, 0.3) is 87.7 Å². The van der Waals surface area contributed by atoms with Crippen LogP contribution >= 0.6 is 0 Å². The Balaban J connectivity index is 1.38. The van der Waals surface area contributed by atoms with Crippen molar-refractivity contribution in [1.82, 2.24) is 9.13 Å². The zero-order chi connectivity index (χ0) is 31.2. The van der Waals surface area contributed by atoms with E-state index >= 15 is 0 Å². The zero-order valence-corrected chi connectivity index (χ0v) is 24.9. The molecule has 0 amide bonds. The highest BCUT2D eigenvalue weighted by Gasteiger charge is 2.23. The summed E-state index contributed by atoms with van der Waals surface area (Å²) in [5, 5.41) is 28.2. The van der Waals surface area contributed by atoms with E-state index in [-0.39, 0.29) is 0 Å². The smallest absolute Gasteiger partial charge is 0.145 e. The molecule has 216 valence electrons. The highest BCUT2D eigenvalue weighted by Crippen LogP contribution is 2.46. The molecule has 0 N–H and O–H groups in total. The third-order valence-electron chi connectivity index (χ3n) is 9.58. The van der Waals surface area contributed by atoms with Gasteiger partial charge in [0.05, 0.1) is 44.0 Å². The van der Waals surface area contributed by atoms with Gasteiger partial charge in [0, 0.05) is 32.9 Å². The molecule has 0 radical (unpaired) electrons. The van der Waals surface area contributed by atoms with E-state index in [9.17, 15) is 10.5 Å². The van der Waals surface area contributed by atoms with Crippen molar-refractivity contribution in [3.8, 4) is 23.5 Å². The van der Waals surface area contributed by atoms with Crippen LogP contribution in [0.1, 0.15) is 11.1 Å². The molecule has 0 bridgehead atoms. The van der Waals surface area contributed by atoms with Crippen molar-refractivity contribution in [2.45, 2.75) is 0 Å². The fourth-order valence-electron chi connectivity index (χ4n) is 7.60. The Labute approximate surface area is 267 Å².